The summed E-state index contributed by atoms with van der Waals surface area (Å²) in [4.78, 5) is 0. The summed E-state index contributed by atoms with van der Waals surface area (Å²) in [5.41, 5.74) is 1.22. The molecule has 15 heavy (non-hydrogen) atoms. The Labute approximate surface area is 90.6 Å². The second-order valence-corrected chi connectivity index (χ2v) is 5.92. The number of benzene rings is 1. The van der Waals surface area contributed by atoms with Gasteiger partial charge in [0, 0.05) is 12.0 Å². The standard InChI is InChI=1S/C11H15NO2S/c1-2-15(13,14)12-11-8-10(11)9-6-4-3-5-7-9/h3-7,10-12H,2,8H2,1H3. The van der Waals surface area contributed by atoms with Gasteiger partial charge in [0.1, 0.15) is 0 Å². The highest BCUT2D eigenvalue weighted by molar-refractivity contribution is 7.89. The molecule has 2 atom stereocenters. The normalized spacial score (nSPS) is 25.1. The van der Waals surface area contributed by atoms with Gasteiger partial charge < -0.3 is 0 Å². The van der Waals surface area contributed by atoms with E-state index in [-0.39, 0.29) is 11.8 Å². The van der Waals surface area contributed by atoms with E-state index in [9.17, 15) is 8.42 Å². The number of nitrogens with one attached hydrogen (secondary N) is 1. The highest BCUT2D eigenvalue weighted by atomic mass is 32.2. The first-order valence-corrected chi connectivity index (χ1v) is 6.82. The van der Waals surface area contributed by atoms with Gasteiger partial charge in [-0.05, 0) is 18.9 Å². The van der Waals surface area contributed by atoms with E-state index < -0.39 is 10.0 Å². The molecule has 0 aromatic heterocycles. The molecule has 0 amide bonds. The Bertz CT molecular complexity index is 427. The van der Waals surface area contributed by atoms with Crippen LogP contribution >= 0.6 is 0 Å². The van der Waals surface area contributed by atoms with Gasteiger partial charge in [0.2, 0.25) is 10.0 Å². The molecule has 1 aromatic rings. The van der Waals surface area contributed by atoms with Crippen LogP contribution in [-0.4, -0.2) is 20.2 Å². The predicted octanol–water partition coefficient (Wildman–Crippen LogP) is 1.48. The van der Waals surface area contributed by atoms with Gasteiger partial charge >= 0.3 is 0 Å². The summed E-state index contributed by atoms with van der Waals surface area (Å²) in [5, 5.41) is 0. The van der Waals surface area contributed by atoms with E-state index in [4.69, 9.17) is 0 Å². The van der Waals surface area contributed by atoms with Crippen LogP contribution in [0.4, 0.5) is 0 Å². The van der Waals surface area contributed by atoms with E-state index in [1.165, 1.54) is 5.56 Å². The van der Waals surface area contributed by atoms with Crippen molar-refractivity contribution >= 4 is 10.0 Å². The lowest BCUT2D eigenvalue weighted by atomic mass is 10.1. The van der Waals surface area contributed by atoms with Crippen LogP contribution in [0.2, 0.25) is 0 Å². The number of rotatable bonds is 4. The molecule has 0 spiro atoms. The van der Waals surface area contributed by atoms with Gasteiger partial charge in [-0.2, -0.15) is 0 Å². The topological polar surface area (TPSA) is 46.2 Å². The molecular formula is C11H15NO2S. The summed E-state index contributed by atoms with van der Waals surface area (Å²) in [5.74, 6) is 0.526. The van der Waals surface area contributed by atoms with Crippen LogP contribution < -0.4 is 4.72 Å². The Kier molecular flexibility index (Phi) is 2.80. The van der Waals surface area contributed by atoms with Crippen molar-refractivity contribution in [3.05, 3.63) is 35.9 Å². The average Bonchev–Trinajstić information content (AvgIpc) is 2.98. The quantitative estimate of drug-likeness (QED) is 0.843. The minimum Gasteiger partial charge on any atom is -0.212 e. The minimum absolute atomic E-state index is 0.109. The molecule has 4 heteroatoms. The second-order valence-electron chi connectivity index (χ2n) is 3.88. The average molecular weight is 225 g/mol. The van der Waals surface area contributed by atoms with Crippen LogP contribution in [0.5, 0.6) is 0 Å². The van der Waals surface area contributed by atoms with Crippen molar-refractivity contribution in [1.82, 2.24) is 4.72 Å². The van der Waals surface area contributed by atoms with Crippen molar-refractivity contribution < 1.29 is 8.42 Å². The van der Waals surface area contributed by atoms with Crippen molar-refractivity contribution in [3.63, 3.8) is 0 Å². The zero-order valence-electron chi connectivity index (χ0n) is 8.68. The molecule has 2 unspecified atom stereocenters. The van der Waals surface area contributed by atoms with Crippen molar-refractivity contribution in [3.8, 4) is 0 Å². The van der Waals surface area contributed by atoms with E-state index in [0.29, 0.717) is 5.92 Å². The maximum atomic E-state index is 11.3. The molecule has 0 saturated heterocycles. The van der Waals surface area contributed by atoms with Crippen LogP contribution in [0, 0.1) is 0 Å². The third-order valence-corrected chi connectivity index (χ3v) is 4.15. The molecule has 1 aromatic carbocycles. The third kappa shape index (κ3) is 2.58. The van der Waals surface area contributed by atoms with Gasteiger partial charge in [-0.15, -0.1) is 0 Å². The summed E-state index contributed by atoms with van der Waals surface area (Å²) in [6.45, 7) is 1.65. The van der Waals surface area contributed by atoms with E-state index in [2.05, 4.69) is 4.72 Å². The zero-order chi connectivity index (χ0) is 10.9. The predicted molar refractivity (Wildman–Crippen MR) is 60.2 cm³/mol. The molecule has 0 heterocycles. The lowest BCUT2D eigenvalue weighted by Gasteiger charge is -2.03. The molecule has 1 N–H and O–H groups in total. The van der Waals surface area contributed by atoms with Gasteiger partial charge in [0.25, 0.3) is 0 Å². The first-order valence-electron chi connectivity index (χ1n) is 5.17. The molecular weight excluding hydrogens is 210 g/mol. The summed E-state index contributed by atoms with van der Waals surface area (Å²) in [6.07, 6.45) is 0.920. The first kappa shape index (κ1) is 10.6. The van der Waals surface area contributed by atoms with Crippen LogP contribution in [0.25, 0.3) is 0 Å². The highest BCUT2D eigenvalue weighted by Crippen LogP contribution is 2.40. The molecule has 1 saturated carbocycles. The summed E-state index contributed by atoms with van der Waals surface area (Å²) < 4.78 is 25.3. The van der Waals surface area contributed by atoms with Crippen molar-refractivity contribution in [2.45, 2.75) is 25.3 Å². The van der Waals surface area contributed by atoms with E-state index in [0.717, 1.165) is 6.42 Å². The third-order valence-electron chi connectivity index (χ3n) is 2.73. The number of sulfonamides is 1. The Morgan fingerprint density at radius 1 is 1.33 bits per heavy atom. The minimum atomic E-state index is -3.05. The number of hydrogen-bond acceptors (Lipinski definition) is 2. The van der Waals surface area contributed by atoms with Gasteiger partial charge in [-0.3, -0.25) is 0 Å². The zero-order valence-corrected chi connectivity index (χ0v) is 9.50. The van der Waals surface area contributed by atoms with E-state index in [1.54, 1.807) is 6.92 Å². The van der Waals surface area contributed by atoms with Gasteiger partial charge in [0.15, 0.2) is 0 Å². The summed E-state index contributed by atoms with van der Waals surface area (Å²) >= 11 is 0. The second kappa shape index (κ2) is 3.94. The molecule has 0 radical (unpaired) electrons. The molecule has 1 fully saturated rings. The Morgan fingerprint density at radius 2 is 2.00 bits per heavy atom. The molecule has 1 aliphatic rings. The smallest absolute Gasteiger partial charge is 0.211 e. The Balaban J connectivity index is 1.98. The van der Waals surface area contributed by atoms with Crippen LogP contribution in [0.3, 0.4) is 0 Å². The van der Waals surface area contributed by atoms with Gasteiger partial charge in [-0.1, -0.05) is 30.3 Å². The lowest BCUT2D eigenvalue weighted by Crippen LogP contribution is -2.28. The Morgan fingerprint density at radius 3 is 2.60 bits per heavy atom. The fraction of sp³-hybridized carbons (Fsp3) is 0.455. The van der Waals surface area contributed by atoms with Gasteiger partial charge in [0.05, 0.1) is 5.75 Å². The number of hydrogen-bond donors (Lipinski definition) is 1. The van der Waals surface area contributed by atoms with E-state index >= 15 is 0 Å². The highest BCUT2D eigenvalue weighted by Gasteiger charge is 2.40. The maximum Gasteiger partial charge on any atom is 0.211 e. The van der Waals surface area contributed by atoms with Crippen LogP contribution in [-0.2, 0) is 10.0 Å². The molecule has 3 nitrogen and oxygen atoms in total. The molecule has 1 aliphatic carbocycles. The van der Waals surface area contributed by atoms with Crippen LogP contribution in [0.1, 0.15) is 24.8 Å². The monoisotopic (exact) mass is 225 g/mol. The fourth-order valence-corrected chi connectivity index (χ4v) is 2.60. The van der Waals surface area contributed by atoms with Crippen molar-refractivity contribution in [2.24, 2.45) is 0 Å². The lowest BCUT2D eigenvalue weighted by molar-refractivity contribution is 0.581. The van der Waals surface area contributed by atoms with Crippen molar-refractivity contribution in [1.29, 1.82) is 0 Å². The molecule has 0 bridgehead atoms. The van der Waals surface area contributed by atoms with Crippen LogP contribution in [0.15, 0.2) is 30.3 Å². The maximum absolute atomic E-state index is 11.3. The fourth-order valence-electron chi connectivity index (χ4n) is 1.71. The molecule has 2 rings (SSSR count). The largest absolute Gasteiger partial charge is 0.212 e. The summed E-state index contributed by atoms with van der Waals surface area (Å²) in [6, 6.07) is 10.1. The SMILES string of the molecule is CCS(=O)(=O)NC1CC1c1ccccc1. The summed E-state index contributed by atoms with van der Waals surface area (Å²) in [7, 11) is -3.05. The van der Waals surface area contributed by atoms with E-state index in [1.807, 2.05) is 30.3 Å². The van der Waals surface area contributed by atoms with Gasteiger partial charge in [-0.25, -0.2) is 13.1 Å². The molecule has 82 valence electrons. The first-order chi connectivity index (χ1) is 7.12. The molecule has 0 aliphatic heterocycles. The van der Waals surface area contributed by atoms with Crippen molar-refractivity contribution in [2.75, 3.05) is 5.75 Å². The Hall–Kier alpha value is -0.870.